The number of aryl methyl sites for hydroxylation is 1. The van der Waals surface area contributed by atoms with Gasteiger partial charge < -0.3 is 19.6 Å². The third-order valence-corrected chi connectivity index (χ3v) is 3.33. The average molecular weight is 252 g/mol. The molecule has 1 aliphatic heterocycles. The molecule has 1 aromatic rings. The molecule has 0 spiro atoms. The van der Waals surface area contributed by atoms with Crippen LogP contribution in [0.3, 0.4) is 0 Å². The van der Waals surface area contributed by atoms with Crippen LogP contribution in [0.4, 0.5) is 4.79 Å². The van der Waals surface area contributed by atoms with Crippen molar-refractivity contribution in [1.82, 2.24) is 20.3 Å². The molecule has 2 amide bonds. The van der Waals surface area contributed by atoms with Crippen LogP contribution in [-0.4, -0.2) is 54.2 Å². The first-order chi connectivity index (χ1) is 8.56. The zero-order chi connectivity index (χ0) is 13.1. The number of amides is 2. The van der Waals surface area contributed by atoms with Crippen molar-refractivity contribution in [2.45, 2.75) is 25.9 Å². The Morgan fingerprint density at radius 3 is 3.06 bits per heavy atom. The minimum Gasteiger partial charge on any atom is -0.361 e. The number of likely N-dealkylation sites (N-methyl/N-ethyl adjacent to an activating group) is 2. The highest BCUT2D eigenvalue weighted by Gasteiger charge is 2.26. The van der Waals surface area contributed by atoms with E-state index in [-0.39, 0.29) is 6.03 Å². The van der Waals surface area contributed by atoms with Gasteiger partial charge in [0, 0.05) is 25.7 Å². The number of aromatic nitrogens is 1. The van der Waals surface area contributed by atoms with Crippen LogP contribution in [0.5, 0.6) is 0 Å². The number of nitrogens with zero attached hydrogens (tertiary/aromatic N) is 3. The van der Waals surface area contributed by atoms with Gasteiger partial charge >= 0.3 is 6.03 Å². The second kappa shape index (κ2) is 5.39. The molecule has 6 nitrogen and oxygen atoms in total. The predicted octanol–water partition coefficient (Wildman–Crippen LogP) is 0.829. The Morgan fingerprint density at radius 1 is 1.72 bits per heavy atom. The maximum Gasteiger partial charge on any atom is 0.317 e. The predicted molar refractivity (Wildman–Crippen MR) is 67.1 cm³/mol. The Balaban J connectivity index is 1.80. The van der Waals surface area contributed by atoms with Crippen molar-refractivity contribution in [3.8, 4) is 0 Å². The number of hydrogen-bond acceptors (Lipinski definition) is 4. The molecular formula is C12H20N4O2. The van der Waals surface area contributed by atoms with Crippen LogP contribution in [0.1, 0.15) is 17.9 Å². The van der Waals surface area contributed by atoms with Crippen LogP contribution in [0, 0.1) is 6.92 Å². The summed E-state index contributed by atoms with van der Waals surface area (Å²) in [6.07, 6.45) is 1.03. The summed E-state index contributed by atoms with van der Waals surface area (Å²) in [6.45, 7) is 4.22. The van der Waals surface area contributed by atoms with Gasteiger partial charge in [-0.25, -0.2) is 4.79 Å². The van der Waals surface area contributed by atoms with Crippen molar-refractivity contribution in [2.24, 2.45) is 0 Å². The molecule has 6 heteroatoms. The van der Waals surface area contributed by atoms with E-state index in [1.54, 1.807) is 4.90 Å². The number of carbonyl (C=O) groups is 1. The lowest BCUT2D eigenvalue weighted by Crippen LogP contribution is -2.44. The number of rotatable bonds is 3. The zero-order valence-corrected chi connectivity index (χ0v) is 11.1. The van der Waals surface area contributed by atoms with Crippen LogP contribution in [0.25, 0.3) is 0 Å². The van der Waals surface area contributed by atoms with Gasteiger partial charge in [-0.1, -0.05) is 5.16 Å². The Morgan fingerprint density at radius 2 is 2.50 bits per heavy atom. The van der Waals surface area contributed by atoms with E-state index >= 15 is 0 Å². The number of nitrogens with one attached hydrogen (secondary N) is 1. The molecule has 0 radical (unpaired) electrons. The molecule has 0 aromatic carbocycles. The maximum atomic E-state index is 12.0. The fraction of sp³-hybridized carbons (Fsp3) is 0.667. The molecule has 2 heterocycles. The van der Waals surface area contributed by atoms with Gasteiger partial charge in [0.15, 0.2) is 0 Å². The Bertz CT molecular complexity index is 418. The van der Waals surface area contributed by atoms with E-state index in [0.717, 1.165) is 31.0 Å². The SMILES string of the molecule is Cc1cc(CNC(=O)N(C)C2CCN(C)C2)no1. The summed E-state index contributed by atoms with van der Waals surface area (Å²) in [5.41, 5.74) is 0.748. The first kappa shape index (κ1) is 12.9. The van der Waals surface area contributed by atoms with Crippen LogP contribution < -0.4 is 5.32 Å². The molecule has 2 rings (SSSR count). The molecule has 1 N–H and O–H groups in total. The molecule has 0 bridgehead atoms. The van der Waals surface area contributed by atoms with Gasteiger partial charge in [0.05, 0.1) is 6.54 Å². The van der Waals surface area contributed by atoms with Crippen LogP contribution in [-0.2, 0) is 6.54 Å². The molecule has 1 fully saturated rings. The molecule has 0 saturated carbocycles. The first-order valence-corrected chi connectivity index (χ1v) is 6.17. The third-order valence-electron chi connectivity index (χ3n) is 3.33. The fourth-order valence-electron chi connectivity index (χ4n) is 2.19. The van der Waals surface area contributed by atoms with E-state index < -0.39 is 0 Å². The number of urea groups is 1. The second-order valence-electron chi connectivity index (χ2n) is 4.90. The first-order valence-electron chi connectivity index (χ1n) is 6.17. The molecule has 1 aliphatic rings. The topological polar surface area (TPSA) is 61.6 Å². The van der Waals surface area contributed by atoms with E-state index in [1.807, 2.05) is 20.0 Å². The van der Waals surface area contributed by atoms with Crippen LogP contribution in [0.15, 0.2) is 10.6 Å². The van der Waals surface area contributed by atoms with Gasteiger partial charge in [0.25, 0.3) is 0 Å². The van der Waals surface area contributed by atoms with Crippen LogP contribution >= 0.6 is 0 Å². The van der Waals surface area contributed by atoms with Crippen molar-refractivity contribution >= 4 is 6.03 Å². The molecule has 1 unspecified atom stereocenters. The normalized spacial score (nSPS) is 20.1. The summed E-state index contributed by atoms with van der Waals surface area (Å²) < 4.78 is 4.95. The van der Waals surface area contributed by atoms with E-state index in [2.05, 4.69) is 22.4 Å². The van der Waals surface area contributed by atoms with E-state index in [4.69, 9.17) is 4.52 Å². The largest absolute Gasteiger partial charge is 0.361 e. The van der Waals surface area contributed by atoms with E-state index in [0.29, 0.717) is 12.6 Å². The van der Waals surface area contributed by atoms with Gasteiger partial charge in [0.2, 0.25) is 0 Å². The number of carbonyl (C=O) groups excluding carboxylic acids is 1. The van der Waals surface area contributed by atoms with Crippen molar-refractivity contribution in [1.29, 1.82) is 0 Å². The summed E-state index contributed by atoms with van der Waals surface area (Å²) in [5, 5.41) is 6.69. The molecule has 1 atom stereocenters. The lowest BCUT2D eigenvalue weighted by molar-refractivity contribution is 0.190. The van der Waals surface area contributed by atoms with Crippen molar-refractivity contribution in [2.75, 3.05) is 27.2 Å². The quantitative estimate of drug-likeness (QED) is 0.865. The summed E-state index contributed by atoms with van der Waals surface area (Å²) in [5.74, 6) is 0.755. The van der Waals surface area contributed by atoms with Gasteiger partial charge in [-0.3, -0.25) is 0 Å². The monoisotopic (exact) mass is 252 g/mol. The molecule has 18 heavy (non-hydrogen) atoms. The molecular weight excluding hydrogens is 232 g/mol. The fourth-order valence-corrected chi connectivity index (χ4v) is 2.19. The standard InChI is InChI=1S/C12H20N4O2/c1-9-6-10(14-18-9)7-13-12(17)16(3)11-4-5-15(2)8-11/h6,11H,4-5,7-8H2,1-3H3,(H,13,17). The summed E-state index contributed by atoms with van der Waals surface area (Å²) >= 11 is 0. The lowest BCUT2D eigenvalue weighted by Gasteiger charge is -2.24. The van der Waals surface area contributed by atoms with Crippen LogP contribution in [0.2, 0.25) is 0 Å². The zero-order valence-electron chi connectivity index (χ0n) is 11.1. The molecule has 0 aliphatic carbocycles. The van der Waals surface area contributed by atoms with Crippen molar-refractivity contribution in [3.63, 3.8) is 0 Å². The van der Waals surface area contributed by atoms with Crippen molar-refractivity contribution < 1.29 is 9.32 Å². The summed E-state index contributed by atoms with van der Waals surface area (Å²) in [6, 6.07) is 2.06. The third kappa shape index (κ3) is 3.01. The molecule has 100 valence electrons. The maximum absolute atomic E-state index is 12.0. The van der Waals surface area contributed by atoms with Gasteiger partial charge in [0.1, 0.15) is 11.5 Å². The summed E-state index contributed by atoms with van der Waals surface area (Å²) in [4.78, 5) is 16.0. The Labute approximate surface area is 107 Å². The lowest BCUT2D eigenvalue weighted by atomic mass is 10.2. The Hall–Kier alpha value is -1.56. The highest BCUT2D eigenvalue weighted by Crippen LogP contribution is 2.12. The van der Waals surface area contributed by atoms with E-state index in [9.17, 15) is 4.79 Å². The average Bonchev–Trinajstić information content (AvgIpc) is 2.94. The smallest absolute Gasteiger partial charge is 0.317 e. The highest BCUT2D eigenvalue weighted by molar-refractivity contribution is 5.74. The number of hydrogen-bond donors (Lipinski definition) is 1. The van der Waals surface area contributed by atoms with Gasteiger partial charge in [-0.2, -0.15) is 0 Å². The number of likely N-dealkylation sites (tertiary alicyclic amines) is 1. The van der Waals surface area contributed by atoms with Gasteiger partial charge in [-0.15, -0.1) is 0 Å². The minimum absolute atomic E-state index is 0.0593. The van der Waals surface area contributed by atoms with E-state index in [1.165, 1.54) is 0 Å². The minimum atomic E-state index is -0.0593. The molecule has 1 aromatic heterocycles. The second-order valence-corrected chi connectivity index (χ2v) is 4.90. The molecule has 1 saturated heterocycles. The van der Waals surface area contributed by atoms with Crippen molar-refractivity contribution in [3.05, 3.63) is 17.5 Å². The van der Waals surface area contributed by atoms with Gasteiger partial charge in [-0.05, 0) is 26.9 Å². The highest BCUT2D eigenvalue weighted by atomic mass is 16.5. The summed E-state index contributed by atoms with van der Waals surface area (Å²) in [7, 11) is 3.91. The Kier molecular flexibility index (Phi) is 3.86.